The molecule has 2 rings (SSSR count). The number of carbonyl (C=O) groups is 1. The fraction of sp³-hybridized carbons (Fsp3) is 0.400. The topological polar surface area (TPSA) is 49.3 Å². The number of nitrogens with one attached hydrogen (secondary N) is 1. The van der Waals surface area contributed by atoms with Crippen LogP contribution in [0.3, 0.4) is 0 Å². The highest BCUT2D eigenvalue weighted by atomic mass is 79.9. The van der Waals surface area contributed by atoms with Crippen LogP contribution in [0.25, 0.3) is 6.08 Å². The molecule has 0 aromatic heterocycles. The number of benzene rings is 1. The van der Waals surface area contributed by atoms with Gasteiger partial charge in [-0.2, -0.15) is 0 Å². The molecule has 0 spiro atoms. The fourth-order valence-electron chi connectivity index (χ4n) is 2.30. The molecule has 2 N–H and O–H groups in total. The summed E-state index contributed by atoms with van der Waals surface area (Å²) in [6.07, 6.45) is 6.91. The van der Waals surface area contributed by atoms with E-state index >= 15 is 0 Å². The van der Waals surface area contributed by atoms with E-state index in [-0.39, 0.29) is 5.91 Å². The maximum atomic E-state index is 11.7. The molecule has 0 unspecified atom stereocenters. The number of aliphatic hydroxyl groups is 1. The Morgan fingerprint density at radius 2 is 2.16 bits per heavy atom. The number of rotatable bonds is 4. The third-order valence-electron chi connectivity index (χ3n) is 3.40. The average molecular weight is 324 g/mol. The van der Waals surface area contributed by atoms with Gasteiger partial charge in [0.05, 0.1) is 5.60 Å². The molecule has 1 aliphatic carbocycles. The third kappa shape index (κ3) is 4.48. The van der Waals surface area contributed by atoms with E-state index in [2.05, 4.69) is 21.2 Å². The predicted molar refractivity (Wildman–Crippen MR) is 79.6 cm³/mol. The largest absolute Gasteiger partial charge is 0.388 e. The van der Waals surface area contributed by atoms with Crippen molar-refractivity contribution in [3.8, 4) is 0 Å². The van der Waals surface area contributed by atoms with E-state index in [4.69, 9.17) is 0 Å². The van der Waals surface area contributed by atoms with Crippen LogP contribution in [0, 0.1) is 0 Å². The summed E-state index contributed by atoms with van der Waals surface area (Å²) < 4.78 is 0.982. The summed E-state index contributed by atoms with van der Waals surface area (Å²) in [4.78, 5) is 11.7. The van der Waals surface area contributed by atoms with Gasteiger partial charge in [0.2, 0.25) is 5.91 Å². The van der Waals surface area contributed by atoms with Gasteiger partial charge in [-0.3, -0.25) is 4.79 Å². The minimum Gasteiger partial charge on any atom is -0.388 e. The van der Waals surface area contributed by atoms with Gasteiger partial charge in [-0.25, -0.2) is 0 Å². The Bertz CT molecular complexity index is 479. The lowest BCUT2D eigenvalue weighted by Crippen LogP contribution is -2.40. The van der Waals surface area contributed by atoms with E-state index in [9.17, 15) is 9.90 Å². The lowest BCUT2D eigenvalue weighted by atomic mass is 10.0. The van der Waals surface area contributed by atoms with Crippen LogP contribution >= 0.6 is 15.9 Å². The summed E-state index contributed by atoms with van der Waals surface area (Å²) in [7, 11) is 0. The number of amides is 1. The fourth-order valence-corrected chi connectivity index (χ4v) is 2.72. The van der Waals surface area contributed by atoms with Gasteiger partial charge < -0.3 is 10.4 Å². The molecule has 0 radical (unpaired) electrons. The summed E-state index contributed by atoms with van der Waals surface area (Å²) in [6.45, 7) is 0.342. The van der Waals surface area contributed by atoms with Gasteiger partial charge in [0.1, 0.15) is 0 Å². The third-order valence-corrected chi connectivity index (χ3v) is 3.90. The Balaban J connectivity index is 1.84. The molecule has 3 nitrogen and oxygen atoms in total. The molecule has 19 heavy (non-hydrogen) atoms. The first-order valence-corrected chi connectivity index (χ1v) is 7.31. The van der Waals surface area contributed by atoms with Crippen LogP contribution in [0.5, 0.6) is 0 Å². The van der Waals surface area contributed by atoms with Gasteiger partial charge in [0.25, 0.3) is 0 Å². The van der Waals surface area contributed by atoms with E-state index in [1.807, 2.05) is 24.3 Å². The summed E-state index contributed by atoms with van der Waals surface area (Å²) in [5.74, 6) is -0.166. The summed E-state index contributed by atoms with van der Waals surface area (Å²) in [5.41, 5.74) is 0.267. The number of halogens is 1. The standard InChI is InChI=1S/C15H18BrNO2/c16-13-5-3-4-12(10-13)6-7-14(18)17-11-15(19)8-1-2-9-15/h3-7,10,19H,1-2,8-9,11H2,(H,17,18). The second-order valence-electron chi connectivity index (χ2n) is 5.04. The molecular weight excluding hydrogens is 306 g/mol. The van der Waals surface area contributed by atoms with Crippen molar-refractivity contribution in [1.29, 1.82) is 0 Å². The lowest BCUT2D eigenvalue weighted by Gasteiger charge is -2.21. The van der Waals surface area contributed by atoms with Gasteiger partial charge in [0, 0.05) is 17.1 Å². The smallest absolute Gasteiger partial charge is 0.244 e. The summed E-state index contributed by atoms with van der Waals surface area (Å²) >= 11 is 3.38. The van der Waals surface area contributed by atoms with E-state index in [0.717, 1.165) is 35.7 Å². The van der Waals surface area contributed by atoms with Gasteiger partial charge in [0.15, 0.2) is 0 Å². The van der Waals surface area contributed by atoms with Crippen LogP contribution in [-0.2, 0) is 4.79 Å². The van der Waals surface area contributed by atoms with Crippen molar-refractivity contribution in [3.05, 3.63) is 40.4 Å². The molecule has 1 aromatic carbocycles. The maximum absolute atomic E-state index is 11.7. The van der Waals surface area contributed by atoms with Gasteiger partial charge >= 0.3 is 0 Å². The quantitative estimate of drug-likeness (QED) is 0.837. The Morgan fingerprint density at radius 1 is 1.42 bits per heavy atom. The highest BCUT2D eigenvalue weighted by Gasteiger charge is 2.30. The van der Waals surface area contributed by atoms with Gasteiger partial charge in [-0.15, -0.1) is 0 Å². The minimum absolute atomic E-state index is 0.166. The van der Waals surface area contributed by atoms with Crippen LogP contribution < -0.4 is 5.32 Å². The Labute approximate surface area is 121 Å². The first-order valence-electron chi connectivity index (χ1n) is 6.51. The second-order valence-corrected chi connectivity index (χ2v) is 5.95. The molecular formula is C15H18BrNO2. The number of hydrogen-bond acceptors (Lipinski definition) is 2. The van der Waals surface area contributed by atoms with Crippen molar-refractivity contribution < 1.29 is 9.90 Å². The monoisotopic (exact) mass is 323 g/mol. The second kappa shape index (κ2) is 6.35. The summed E-state index contributed by atoms with van der Waals surface area (Å²) in [5, 5.41) is 12.9. The molecule has 102 valence electrons. The zero-order valence-electron chi connectivity index (χ0n) is 10.7. The van der Waals surface area contributed by atoms with E-state index in [1.165, 1.54) is 6.08 Å². The predicted octanol–water partition coefficient (Wildman–Crippen LogP) is 2.88. The highest BCUT2D eigenvalue weighted by Crippen LogP contribution is 2.28. The minimum atomic E-state index is -0.695. The Hall–Kier alpha value is -1.13. The van der Waals surface area contributed by atoms with Crippen molar-refractivity contribution in [2.75, 3.05) is 6.54 Å². The molecule has 1 saturated carbocycles. The molecule has 0 saturated heterocycles. The molecule has 1 amide bonds. The van der Waals surface area contributed by atoms with Crippen molar-refractivity contribution in [3.63, 3.8) is 0 Å². The van der Waals surface area contributed by atoms with Crippen molar-refractivity contribution in [2.24, 2.45) is 0 Å². The van der Waals surface area contributed by atoms with Crippen LogP contribution in [0.2, 0.25) is 0 Å². The molecule has 1 aromatic rings. The molecule has 0 aliphatic heterocycles. The Morgan fingerprint density at radius 3 is 2.84 bits per heavy atom. The van der Waals surface area contributed by atoms with Crippen LogP contribution in [0.1, 0.15) is 31.2 Å². The van der Waals surface area contributed by atoms with Crippen LogP contribution in [0.4, 0.5) is 0 Å². The zero-order chi connectivity index (χ0) is 13.7. The first-order chi connectivity index (χ1) is 9.07. The highest BCUT2D eigenvalue weighted by molar-refractivity contribution is 9.10. The number of carbonyl (C=O) groups excluding carboxylic acids is 1. The summed E-state index contributed by atoms with van der Waals surface area (Å²) in [6, 6.07) is 7.73. The van der Waals surface area contributed by atoms with Gasteiger partial charge in [-0.05, 0) is 36.6 Å². The normalized spacial score (nSPS) is 17.8. The zero-order valence-corrected chi connectivity index (χ0v) is 12.3. The maximum Gasteiger partial charge on any atom is 0.244 e. The molecule has 1 aliphatic rings. The van der Waals surface area contributed by atoms with Crippen LogP contribution in [0.15, 0.2) is 34.8 Å². The molecule has 0 atom stereocenters. The van der Waals surface area contributed by atoms with Crippen molar-refractivity contribution in [2.45, 2.75) is 31.3 Å². The molecule has 0 heterocycles. The van der Waals surface area contributed by atoms with Crippen molar-refractivity contribution in [1.82, 2.24) is 5.32 Å². The molecule has 0 bridgehead atoms. The SMILES string of the molecule is O=C(C=Cc1cccc(Br)c1)NCC1(O)CCCC1. The lowest BCUT2D eigenvalue weighted by molar-refractivity contribution is -0.117. The Kier molecular flexibility index (Phi) is 4.77. The first kappa shape index (κ1) is 14.3. The van der Waals surface area contributed by atoms with E-state index < -0.39 is 5.60 Å². The van der Waals surface area contributed by atoms with Gasteiger partial charge in [-0.1, -0.05) is 40.9 Å². The van der Waals surface area contributed by atoms with E-state index in [0.29, 0.717) is 6.54 Å². The number of hydrogen-bond donors (Lipinski definition) is 2. The average Bonchev–Trinajstić information content (AvgIpc) is 2.82. The molecule has 4 heteroatoms. The van der Waals surface area contributed by atoms with Crippen LogP contribution in [-0.4, -0.2) is 23.2 Å². The molecule has 1 fully saturated rings. The van der Waals surface area contributed by atoms with Crippen molar-refractivity contribution >= 4 is 27.9 Å². The van der Waals surface area contributed by atoms with E-state index in [1.54, 1.807) is 6.08 Å².